The van der Waals surface area contributed by atoms with E-state index in [0.29, 0.717) is 0 Å². The van der Waals surface area contributed by atoms with Crippen molar-refractivity contribution in [2.75, 3.05) is 13.2 Å². The van der Waals surface area contributed by atoms with E-state index in [0.717, 1.165) is 0 Å². The van der Waals surface area contributed by atoms with Crippen LogP contribution < -0.4 is 0 Å². The Kier molecular flexibility index (Phi) is 3.61. The van der Waals surface area contributed by atoms with E-state index in [1.165, 1.54) is 13.8 Å². The average Bonchev–Trinajstić information content (AvgIpc) is 2.03. The van der Waals surface area contributed by atoms with Gasteiger partial charge in [-0.3, -0.25) is 0 Å². The SMILES string of the molecule is C[C@](O)(CO)C(O)[C@](C)(O)CO. The van der Waals surface area contributed by atoms with Gasteiger partial charge in [-0.05, 0) is 13.8 Å². The van der Waals surface area contributed by atoms with E-state index in [9.17, 15) is 15.3 Å². The van der Waals surface area contributed by atoms with Crippen molar-refractivity contribution in [3.05, 3.63) is 0 Å². The van der Waals surface area contributed by atoms with Gasteiger partial charge < -0.3 is 25.5 Å². The largest absolute Gasteiger partial charge is 0.393 e. The van der Waals surface area contributed by atoms with Gasteiger partial charge in [0.2, 0.25) is 0 Å². The van der Waals surface area contributed by atoms with Gasteiger partial charge in [0.1, 0.15) is 17.3 Å². The van der Waals surface area contributed by atoms with E-state index in [1.807, 2.05) is 0 Å². The molecule has 0 aliphatic carbocycles. The van der Waals surface area contributed by atoms with Crippen molar-refractivity contribution in [3.8, 4) is 0 Å². The lowest BCUT2D eigenvalue weighted by Crippen LogP contribution is -2.57. The average molecular weight is 180 g/mol. The van der Waals surface area contributed by atoms with Crippen LogP contribution in [0.4, 0.5) is 0 Å². The maximum absolute atomic E-state index is 9.29. The fourth-order valence-electron chi connectivity index (χ4n) is 0.843. The molecular weight excluding hydrogens is 164 g/mol. The molecule has 1 unspecified atom stereocenters. The predicted molar refractivity (Wildman–Crippen MR) is 41.4 cm³/mol. The van der Waals surface area contributed by atoms with Crippen molar-refractivity contribution in [1.82, 2.24) is 0 Å². The van der Waals surface area contributed by atoms with Gasteiger partial charge in [0.25, 0.3) is 0 Å². The lowest BCUT2D eigenvalue weighted by Gasteiger charge is -2.36. The first-order valence-electron chi connectivity index (χ1n) is 3.62. The van der Waals surface area contributed by atoms with Gasteiger partial charge in [-0.25, -0.2) is 0 Å². The standard InChI is InChI=1S/C7H16O5/c1-6(11,3-8)5(10)7(2,12)4-9/h5,8-12H,3-4H2,1-2H3/t5?,6-,7+. The third-order valence-electron chi connectivity index (χ3n) is 1.82. The molecule has 0 aromatic rings. The summed E-state index contributed by atoms with van der Waals surface area (Å²) in [6.07, 6.45) is -1.60. The molecule has 5 N–H and O–H groups in total. The zero-order valence-electron chi connectivity index (χ0n) is 7.23. The molecule has 74 valence electrons. The number of aliphatic hydroxyl groups excluding tert-OH is 3. The van der Waals surface area contributed by atoms with Crippen LogP contribution in [0.5, 0.6) is 0 Å². The second-order valence-electron chi connectivity index (χ2n) is 3.43. The van der Waals surface area contributed by atoms with Crippen LogP contribution >= 0.6 is 0 Å². The van der Waals surface area contributed by atoms with Crippen LogP contribution in [-0.2, 0) is 0 Å². The molecular formula is C7H16O5. The lowest BCUT2D eigenvalue weighted by atomic mass is 9.87. The summed E-state index contributed by atoms with van der Waals surface area (Å²) in [6, 6.07) is 0. The molecule has 5 heteroatoms. The normalized spacial score (nSPS) is 24.2. The van der Waals surface area contributed by atoms with Crippen molar-refractivity contribution in [2.24, 2.45) is 0 Å². The molecule has 3 atom stereocenters. The monoisotopic (exact) mass is 180 g/mol. The number of aliphatic hydroxyl groups is 5. The summed E-state index contributed by atoms with van der Waals surface area (Å²) in [4.78, 5) is 0. The molecule has 0 aliphatic rings. The zero-order valence-corrected chi connectivity index (χ0v) is 7.23. The molecule has 0 fully saturated rings. The lowest BCUT2D eigenvalue weighted by molar-refractivity contribution is -0.184. The minimum Gasteiger partial charge on any atom is -0.393 e. The molecule has 0 aliphatic heterocycles. The highest BCUT2D eigenvalue weighted by Gasteiger charge is 2.42. The van der Waals surface area contributed by atoms with Crippen LogP contribution in [0.1, 0.15) is 13.8 Å². The summed E-state index contributed by atoms with van der Waals surface area (Å²) >= 11 is 0. The van der Waals surface area contributed by atoms with Crippen LogP contribution in [-0.4, -0.2) is 56.1 Å². The second-order valence-corrected chi connectivity index (χ2v) is 3.43. The first-order valence-corrected chi connectivity index (χ1v) is 3.62. The Morgan fingerprint density at radius 2 is 1.25 bits per heavy atom. The molecule has 12 heavy (non-hydrogen) atoms. The van der Waals surface area contributed by atoms with E-state index in [4.69, 9.17) is 10.2 Å². The van der Waals surface area contributed by atoms with Crippen LogP contribution in [0.3, 0.4) is 0 Å². The smallest absolute Gasteiger partial charge is 0.115 e. The molecule has 0 rings (SSSR count). The number of hydrogen-bond acceptors (Lipinski definition) is 5. The summed E-state index contributed by atoms with van der Waals surface area (Å²) in [5.41, 5.74) is -3.63. The molecule has 0 spiro atoms. The molecule has 0 aromatic carbocycles. The maximum Gasteiger partial charge on any atom is 0.115 e. The fraction of sp³-hybridized carbons (Fsp3) is 1.00. The Bertz CT molecular complexity index is 127. The number of rotatable bonds is 4. The van der Waals surface area contributed by atoms with Gasteiger partial charge in [-0.15, -0.1) is 0 Å². The second kappa shape index (κ2) is 3.68. The fourth-order valence-corrected chi connectivity index (χ4v) is 0.843. The quantitative estimate of drug-likeness (QED) is 0.339. The Morgan fingerprint density at radius 3 is 1.42 bits per heavy atom. The summed E-state index contributed by atoms with van der Waals surface area (Å²) in [7, 11) is 0. The topological polar surface area (TPSA) is 101 Å². The van der Waals surface area contributed by atoms with E-state index in [1.54, 1.807) is 0 Å². The molecule has 0 heterocycles. The number of hydrogen-bond donors (Lipinski definition) is 5. The molecule has 0 amide bonds. The van der Waals surface area contributed by atoms with Gasteiger partial charge in [0, 0.05) is 0 Å². The van der Waals surface area contributed by atoms with E-state index < -0.39 is 30.5 Å². The minimum absolute atomic E-state index is 0.690. The summed E-state index contributed by atoms with van der Waals surface area (Å²) in [6.45, 7) is 0.957. The van der Waals surface area contributed by atoms with Gasteiger partial charge in [0.05, 0.1) is 13.2 Å². The van der Waals surface area contributed by atoms with Crippen LogP contribution in [0.2, 0.25) is 0 Å². The highest BCUT2D eigenvalue weighted by atomic mass is 16.4. The van der Waals surface area contributed by atoms with E-state index in [2.05, 4.69) is 0 Å². The van der Waals surface area contributed by atoms with E-state index in [-0.39, 0.29) is 0 Å². The molecule has 0 aromatic heterocycles. The van der Waals surface area contributed by atoms with Gasteiger partial charge >= 0.3 is 0 Å². The Balaban J connectivity index is 4.47. The Morgan fingerprint density at radius 1 is 1.00 bits per heavy atom. The van der Waals surface area contributed by atoms with Crippen molar-refractivity contribution >= 4 is 0 Å². The van der Waals surface area contributed by atoms with E-state index >= 15 is 0 Å². The molecule has 0 saturated heterocycles. The molecule has 0 bridgehead atoms. The third kappa shape index (κ3) is 2.40. The van der Waals surface area contributed by atoms with Crippen LogP contribution in [0.25, 0.3) is 0 Å². The van der Waals surface area contributed by atoms with Crippen molar-refractivity contribution in [1.29, 1.82) is 0 Å². The van der Waals surface area contributed by atoms with Gasteiger partial charge in [-0.1, -0.05) is 0 Å². The first-order chi connectivity index (χ1) is 5.28. The summed E-state index contributed by atoms with van der Waals surface area (Å²) < 4.78 is 0. The zero-order chi connectivity index (χ0) is 9.99. The summed E-state index contributed by atoms with van der Waals surface area (Å²) in [5.74, 6) is 0. The van der Waals surface area contributed by atoms with Crippen molar-refractivity contribution in [3.63, 3.8) is 0 Å². The van der Waals surface area contributed by atoms with Gasteiger partial charge in [-0.2, -0.15) is 0 Å². The predicted octanol–water partition coefficient (Wildman–Crippen LogP) is -2.17. The highest BCUT2D eigenvalue weighted by Crippen LogP contribution is 2.20. The summed E-state index contributed by atoms with van der Waals surface area (Å²) in [5, 5.41) is 45.1. The van der Waals surface area contributed by atoms with Gasteiger partial charge in [0.15, 0.2) is 0 Å². The van der Waals surface area contributed by atoms with Crippen molar-refractivity contribution in [2.45, 2.75) is 31.2 Å². The van der Waals surface area contributed by atoms with Crippen LogP contribution in [0, 0.1) is 0 Å². The maximum atomic E-state index is 9.29. The first kappa shape index (κ1) is 11.8. The van der Waals surface area contributed by atoms with Crippen LogP contribution in [0.15, 0.2) is 0 Å². The molecule has 0 saturated carbocycles. The van der Waals surface area contributed by atoms with Crippen molar-refractivity contribution < 1.29 is 25.5 Å². The molecule has 5 nitrogen and oxygen atoms in total. The molecule has 0 radical (unpaired) electrons. The minimum atomic E-state index is -1.81. The highest BCUT2D eigenvalue weighted by molar-refractivity contribution is 4.93. The third-order valence-corrected chi connectivity index (χ3v) is 1.82. The Labute approximate surface area is 70.9 Å². The Hall–Kier alpha value is -0.200.